The minimum Gasteiger partial charge on any atom is -0.465 e. The normalized spacial score (nSPS) is 22.0. The van der Waals surface area contributed by atoms with E-state index in [0.29, 0.717) is 6.21 Å². The van der Waals surface area contributed by atoms with E-state index < -0.39 is 51.6 Å². The van der Waals surface area contributed by atoms with Gasteiger partial charge in [0.25, 0.3) is 0 Å². The monoisotopic (exact) mass is 470 g/mol. The average molecular weight is 470 g/mol. The highest BCUT2D eigenvalue weighted by Gasteiger charge is 2.55. The fraction of sp³-hybridized carbons (Fsp3) is 0.300. The number of carbonyl (C=O) groups excluding carboxylic acids is 1. The molecule has 3 heterocycles. The Hall–Kier alpha value is -3.15. The lowest BCUT2D eigenvalue weighted by atomic mass is 9.69. The number of ether oxygens (including phenoxy) is 1. The number of aliphatic imine (C=N–C) groups is 1. The lowest BCUT2D eigenvalue weighted by molar-refractivity contribution is -0.125. The molecular weight excluding hydrogens is 452 g/mol. The van der Waals surface area contributed by atoms with Gasteiger partial charge in [0.15, 0.2) is 5.41 Å². The molecular formula is C20H18F4N4O3S. The maximum atomic E-state index is 13.7. The van der Waals surface area contributed by atoms with Crippen molar-refractivity contribution in [3.05, 3.63) is 58.8 Å². The van der Waals surface area contributed by atoms with Gasteiger partial charge in [-0.05, 0) is 49.2 Å². The number of pyridine rings is 2. The number of alkyl halides is 3. The van der Waals surface area contributed by atoms with E-state index in [0.717, 1.165) is 13.0 Å². The van der Waals surface area contributed by atoms with Gasteiger partial charge in [0, 0.05) is 18.7 Å². The van der Waals surface area contributed by atoms with Gasteiger partial charge >= 0.3 is 6.18 Å². The SMILES string of the molecule is CC1=C(C(F)(F)F)C=NC(Oc2ccc(F)nc2C)C1(C(N)=O)c1ccnc(S(C)=O)c1. The van der Waals surface area contributed by atoms with E-state index in [4.69, 9.17) is 10.5 Å². The molecule has 1 amide bonds. The van der Waals surface area contributed by atoms with E-state index in [9.17, 15) is 26.6 Å². The van der Waals surface area contributed by atoms with Gasteiger partial charge in [0.2, 0.25) is 18.1 Å². The fourth-order valence-electron chi connectivity index (χ4n) is 3.54. The van der Waals surface area contributed by atoms with Gasteiger partial charge in [-0.2, -0.15) is 17.6 Å². The van der Waals surface area contributed by atoms with E-state index in [1.165, 1.54) is 37.6 Å². The number of nitrogens with two attached hydrogens (primary N) is 1. The lowest BCUT2D eigenvalue weighted by Gasteiger charge is -2.40. The number of hydrogen-bond donors (Lipinski definition) is 1. The van der Waals surface area contributed by atoms with Crippen molar-refractivity contribution >= 4 is 22.9 Å². The topological polar surface area (TPSA) is 108 Å². The first-order valence-corrected chi connectivity index (χ1v) is 10.7. The summed E-state index contributed by atoms with van der Waals surface area (Å²) in [7, 11) is -1.60. The zero-order chi connectivity index (χ0) is 23.8. The highest BCUT2D eigenvalue weighted by molar-refractivity contribution is 7.84. The van der Waals surface area contributed by atoms with Crippen LogP contribution in [0.4, 0.5) is 17.6 Å². The number of dihydropyridines is 1. The molecule has 1 aliphatic heterocycles. The first-order chi connectivity index (χ1) is 14.9. The van der Waals surface area contributed by atoms with E-state index in [1.54, 1.807) is 0 Å². The van der Waals surface area contributed by atoms with Gasteiger partial charge in [0.05, 0.1) is 22.1 Å². The third-order valence-corrected chi connectivity index (χ3v) is 5.94. The summed E-state index contributed by atoms with van der Waals surface area (Å²) >= 11 is 0. The standard InChI is InChI=1S/C20H18F4N4O3S/c1-10-13(20(22,23)24)9-27-18(31-14-4-5-15(21)28-11(14)2)19(10,17(25)29)12-6-7-26-16(8-12)32(3)30/h4-9,18H,1-3H3,(H2,25,29). The molecule has 2 aromatic rings. The molecule has 7 nitrogen and oxygen atoms in total. The summed E-state index contributed by atoms with van der Waals surface area (Å²) in [5, 5.41) is 0.0254. The number of carbonyl (C=O) groups is 1. The smallest absolute Gasteiger partial charge is 0.417 e. The molecule has 0 bridgehead atoms. The molecule has 3 rings (SSSR count). The van der Waals surface area contributed by atoms with Gasteiger partial charge in [-0.3, -0.25) is 9.00 Å². The summed E-state index contributed by atoms with van der Waals surface area (Å²) in [6.07, 6.45) is -3.33. The minimum absolute atomic E-state index is 0.00391. The zero-order valence-electron chi connectivity index (χ0n) is 17.1. The summed E-state index contributed by atoms with van der Waals surface area (Å²) in [4.78, 5) is 24.3. The number of nitrogens with zero attached hydrogens (tertiary/aromatic N) is 3. The van der Waals surface area contributed by atoms with E-state index >= 15 is 0 Å². The van der Waals surface area contributed by atoms with Gasteiger partial charge in [-0.15, -0.1) is 0 Å². The Morgan fingerprint density at radius 1 is 1.25 bits per heavy atom. The van der Waals surface area contributed by atoms with Gasteiger partial charge in [-0.25, -0.2) is 15.0 Å². The van der Waals surface area contributed by atoms with E-state index in [2.05, 4.69) is 15.0 Å². The van der Waals surface area contributed by atoms with Crippen LogP contribution in [0.25, 0.3) is 0 Å². The molecule has 0 aromatic carbocycles. The minimum atomic E-state index is -4.84. The molecule has 0 saturated heterocycles. The third-order valence-electron chi connectivity index (χ3n) is 5.13. The molecule has 1 aliphatic rings. The predicted octanol–water partition coefficient (Wildman–Crippen LogP) is 2.75. The van der Waals surface area contributed by atoms with Crippen molar-refractivity contribution in [1.29, 1.82) is 0 Å². The lowest BCUT2D eigenvalue weighted by Crippen LogP contribution is -2.55. The van der Waals surface area contributed by atoms with Crippen molar-refractivity contribution in [3.63, 3.8) is 0 Å². The summed E-state index contributed by atoms with van der Waals surface area (Å²) in [5.74, 6) is -1.97. The molecule has 0 spiro atoms. The van der Waals surface area contributed by atoms with Crippen LogP contribution in [0.1, 0.15) is 18.2 Å². The van der Waals surface area contributed by atoms with Crippen LogP contribution in [0.3, 0.4) is 0 Å². The Kier molecular flexibility index (Phi) is 6.18. The van der Waals surface area contributed by atoms with Crippen molar-refractivity contribution in [1.82, 2.24) is 9.97 Å². The van der Waals surface area contributed by atoms with Crippen LogP contribution in [-0.4, -0.2) is 45.0 Å². The van der Waals surface area contributed by atoms with Crippen LogP contribution in [0.2, 0.25) is 0 Å². The highest BCUT2D eigenvalue weighted by atomic mass is 32.2. The maximum absolute atomic E-state index is 13.7. The van der Waals surface area contributed by atoms with Crippen molar-refractivity contribution in [2.75, 3.05) is 6.26 Å². The summed E-state index contributed by atoms with van der Waals surface area (Å²) in [5.41, 5.74) is 1.91. The molecule has 0 radical (unpaired) electrons. The molecule has 32 heavy (non-hydrogen) atoms. The first-order valence-electron chi connectivity index (χ1n) is 9.10. The number of amides is 1. The summed E-state index contributed by atoms with van der Waals surface area (Å²) < 4.78 is 72.3. The van der Waals surface area contributed by atoms with Gasteiger partial charge < -0.3 is 10.5 Å². The average Bonchev–Trinajstić information content (AvgIpc) is 2.69. The predicted molar refractivity (Wildman–Crippen MR) is 108 cm³/mol. The second kappa shape index (κ2) is 8.41. The van der Waals surface area contributed by atoms with Crippen molar-refractivity contribution < 1.29 is 31.3 Å². The molecule has 3 atom stereocenters. The Balaban J connectivity index is 2.30. The van der Waals surface area contributed by atoms with Gasteiger partial charge in [-0.1, -0.05) is 0 Å². The molecule has 3 unspecified atom stereocenters. The van der Waals surface area contributed by atoms with Crippen LogP contribution < -0.4 is 10.5 Å². The van der Waals surface area contributed by atoms with Crippen molar-refractivity contribution in [2.24, 2.45) is 10.7 Å². The number of rotatable bonds is 5. The van der Waals surface area contributed by atoms with Gasteiger partial charge in [0.1, 0.15) is 10.8 Å². The van der Waals surface area contributed by atoms with Crippen molar-refractivity contribution in [3.8, 4) is 5.75 Å². The largest absolute Gasteiger partial charge is 0.465 e. The Morgan fingerprint density at radius 2 is 1.94 bits per heavy atom. The Morgan fingerprint density at radius 3 is 2.50 bits per heavy atom. The van der Waals surface area contributed by atoms with Crippen LogP contribution in [0.5, 0.6) is 5.75 Å². The molecule has 2 N–H and O–H groups in total. The van der Waals surface area contributed by atoms with Crippen LogP contribution in [0.15, 0.2) is 51.6 Å². The zero-order valence-corrected chi connectivity index (χ0v) is 17.9. The second-order valence-corrected chi connectivity index (χ2v) is 8.34. The molecule has 12 heteroatoms. The summed E-state index contributed by atoms with van der Waals surface area (Å²) in [6, 6.07) is 4.72. The van der Waals surface area contributed by atoms with E-state index in [-0.39, 0.29) is 22.0 Å². The van der Waals surface area contributed by atoms with Crippen LogP contribution in [-0.2, 0) is 21.0 Å². The molecule has 170 valence electrons. The maximum Gasteiger partial charge on any atom is 0.417 e. The molecule has 0 aliphatic carbocycles. The molecule has 0 saturated carbocycles. The molecule has 2 aromatic heterocycles. The molecule has 0 fully saturated rings. The quantitative estimate of drug-likeness (QED) is 0.534. The van der Waals surface area contributed by atoms with Crippen molar-refractivity contribution in [2.45, 2.75) is 36.7 Å². The first kappa shape index (κ1) is 23.5. The number of halogens is 4. The highest BCUT2D eigenvalue weighted by Crippen LogP contribution is 2.45. The summed E-state index contributed by atoms with van der Waals surface area (Å²) in [6.45, 7) is 2.53. The number of allylic oxidation sites excluding steroid dienone is 1. The van der Waals surface area contributed by atoms with Crippen LogP contribution >= 0.6 is 0 Å². The Bertz CT molecular complexity index is 1170. The third kappa shape index (κ3) is 4.01. The number of aromatic nitrogens is 2. The van der Waals surface area contributed by atoms with Crippen LogP contribution in [0, 0.1) is 12.9 Å². The second-order valence-electron chi connectivity index (χ2n) is 7.01. The number of aryl methyl sites for hydroxylation is 1. The Labute approximate surface area is 182 Å². The number of hydrogen-bond acceptors (Lipinski definition) is 6. The van der Waals surface area contributed by atoms with E-state index in [1.807, 2.05) is 0 Å². The fourth-order valence-corrected chi connectivity index (χ4v) is 4.04. The number of primary amides is 1.